The Kier molecular flexibility index (Phi) is 6.72. The number of hydrogen-bond acceptors (Lipinski definition) is 7. The molecule has 0 saturated carbocycles. The summed E-state index contributed by atoms with van der Waals surface area (Å²) in [6, 6.07) is 14.6. The number of methoxy groups -OCH3 is 2. The molecule has 1 aromatic carbocycles. The van der Waals surface area contributed by atoms with E-state index in [1.165, 1.54) is 37.5 Å². The Hall–Kier alpha value is -5.19. The van der Waals surface area contributed by atoms with E-state index in [0.29, 0.717) is 39.7 Å². The molecule has 38 heavy (non-hydrogen) atoms. The molecule has 0 saturated heterocycles. The molecule has 0 aliphatic heterocycles. The second-order valence-corrected chi connectivity index (χ2v) is 8.13. The van der Waals surface area contributed by atoms with Gasteiger partial charge in [0.2, 0.25) is 0 Å². The van der Waals surface area contributed by atoms with Gasteiger partial charge in [0.1, 0.15) is 17.2 Å². The number of amides is 2. The van der Waals surface area contributed by atoms with E-state index in [1.54, 1.807) is 65.5 Å². The zero-order valence-corrected chi connectivity index (χ0v) is 20.4. The largest absolute Gasteiger partial charge is 0.494 e. The number of nitrogens with zero attached hydrogens (tertiary/aromatic N) is 4. The van der Waals surface area contributed by atoms with Crippen molar-refractivity contribution in [2.45, 2.75) is 6.54 Å². The molecule has 4 heterocycles. The first-order valence-corrected chi connectivity index (χ1v) is 11.4. The number of fused-ring (bicyclic) bond motifs is 1. The van der Waals surface area contributed by atoms with Crippen molar-refractivity contribution < 1.29 is 27.9 Å². The molecular weight excluding hydrogens is 493 g/mol. The van der Waals surface area contributed by atoms with Crippen LogP contribution in [0, 0.1) is 5.82 Å². The van der Waals surface area contributed by atoms with Crippen molar-refractivity contribution in [1.82, 2.24) is 14.4 Å². The van der Waals surface area contributed by atoms with Gasteiger partial charge in [0, 0.05) is 29.7 Å². The lowest BCUT2D eigenvalue weighted by molar-refractivity contribution is 0.0982. The zero-order valence-electron chi connectivity index (χ0n) is 20.4. The molecule has 1 N–H and O–H groups in total. The average molecular weight is 516 g/mol. The van der Waals surface area contributed by atoms with Crippen LogP contribution in [0.25, 0.3) is 16.9 Å². The van der Waals surface area contributed by atoms with Crippen molar-refractivity contribution in [2.75, 3.05) is 24.4 Å². The summed E-state index contributed by atoms with van der Waals surface area (Å²) in [5.41, 5.74) is 2.69. The summed E-state index contributed by atoms with van der Waals surface area (Å²) in [5, 5.41) is 2.50. The van der Waals surface area contributed by atoms with Crippen LogP contribution >= 0.6 is 0 Å². The number of hydrogen-bond donors (Lipinski definition) is 1. The number of rotatable bonds is 7. The van der Waals surface area contributed by atoms with Crippen LogP contribution in [0.5, 0.6) is 5.75 Å². The normalized spacial score (nSPS) is 10.8. The number of carbonyl (C=O) groups excluding carboxylic acids is 2. The van der Waals surface area contributed by atoms with Gasteiger partial charge in [-0.1, -0.05) is 0 Å². The van der Waals surface area contributed by atoms with E-state index in [0.717, 1.165) is 0 Å². The van der Waals surface area contributed by atoms with Crippen LogP contribution in [0.3, 0.4) is 0 Å². The molecule has 0 radical (unpaired) electrons. The summed E-state index contributed by atoms with van der Waals surface area (Å²) in [6.45, 7) is 0.0883. The third kappa shape index (κ3) is 4.89. The minimum atomic E-state index is -0.626. The quantitative estimate of drug-likeness (QED) is 0.319. The maximum atomic E-state index is 14.5. The van der Waals surface area contributed by atoms with E-state index in [-0.39, 0.29) is 18.2 Å². The van der Waals surface area contributed by atoms with E-state index < -0.39 is 11.9 Å². The molecule has 0 bridgehead atoms. The van der Waals surface area contributed by atoms with Gasteiger partial charge in [-0.15, -0.1) is 0 Å². The molecule has 2 amide bonds. The van der Waals surface area contributed by atoms with Gasteiger partial charge < -0.3 is 18.8 Å². The fourth-order valence-electron chi connectivity index (χ4n) is 3.91. The molecule has 0 fully saturated rings. The van der Waals surface area contributed by atoms with Crippen molar-refractivity contribution in [3.63, 3.8) is 0 Å². The van der Waals surface area contributed by atoms with Crippen molar-refractivity contribution in [3.8, 4) is 17.0 Å². The summed E-state index contributed by atoms with van der Waals surface area (Å²) >= 11 is 0. The van der Waals surface area contributed by atoms with Gasteiger partial charge in [-0.25, -0.2) is 19.2 Å². The highest BCUT2D eigenvalue weighted by molar-refractivity contribution is 6.06. The van der Waals surface area contributed by atoms with Gasteiger partial charge in [-0.05, 0) is 48.5 Å². The predicted molar refractivity (Wildman–Crippen MR) is 137 cm³/mol. The summed E-state index contributed by atoms with van der Waals surface area (Å²) in [4.78, 5) is 35.3. The first-order valence-electron chi connectivity index (χ1n) is 11.4. The molecule has 4 aromatic heterocycles. The molecule has 5 rings (SSSR count). The second-order valence-electron chi connectivity index (χ2n) is 8.13. The molecule has 5 aromatic rings. The number of halogens is 1. The van der Waals surface area contributed by atoms with Crippen LogP contribution in [0.15, 0.2) is 83.9 Å². The number of anilines is 2. The van der Waals surface area contributed by atoms with E-state index >= 15 is 0 Å². The number of ether oxygens (including phenoxy) is 2. The van der Waals surface area contributed by atoms with Crippen molar-refractivity contribution in [1.29, 1.82) is 0 Å². The summed E-state index contributed by atoms with van der Waals surface area (Å²) in [5.74, 6) is -0.0307. The van der Waals surface area contributed by atoms with Gasteiger partial charge >= 0.3 is 6.09 Å². The van der Waals surface area contributed by atoms with Gasteiger partial charge in [-0.2, -0.15) is 0 Å². The zero-order chi connectivity index (χ0) is 26.6. The molecule has 0 spiro atoms. The molecular formula is C27H22FN5O5. The van der Waals surface area contributed by atoms with Crippen molar-refractivity contribution in [2.24, 2.45) is 0 Å². The van der Waals surface area contributed by atoms with Gasteiger partial charge in [0.05, 0.1) is 44.5 Å². The van der Waals surface area contributed by atoms with Gasteiger partial charge in [-0.3, -0.25) is 14.5 Å². The maximum Gasteiger partial charge on any atom is 0.412 e. The molecule has 10 nitrogen and oxygen atoms in total. The Bertz CT molecular complexity index is 1600. The first kappa shape index (κ1) is 24.5. The SMILES string of the molecule is COC(=O)Nc1ccc(-c2cnc3ccc(C(=O)N(Cc4ccco4)c4ccc(OC)c(F)c4)cn23)cn1. The van der Waals surface area contributed by atoms with Crippen LogP contribution in [0.4, 0.5) is 20.7 Å². The van der Waals surface area contributed by atoms with E-state index in [2.05, 4.69) is 20.0 Å². The second kappa shape index (κ2) is 10.4. The number of pyridine rings is 2. The van der Waals surface area contributed by atoms with Gasteiger partial charge in [0.25, 0.3) is 5.91 Å². The van der Waals surface area contributed by atoms with Crippen LogP contribution < -0.4 is 15.0 Å². The van der Waals surface area contributed by atoms with E-state index in [4.69, 9.17) is 9.15 Å². The molecule has 0 aliphatic rings. The van der Waals surface area contributed by atoms with Crippen molar-refractivity contribution in [3.05, 3.63) is 96.6 Å². The minimum Gasteiger partial charge on any atom is -0.494 e. The summed E-state index contributed by atoms with van der Waals surface area (Å²) in [6.07, 6.45) is 5.78. The maximum absolute atomic E-state index is 14.5. The minimum absolute atomic E-state index is 0.0741. The highest BCUT2D eigenvalue weighted by Gasteiger charge is 2.22. The highest BCUT2D eigenvalue weighted by Crippen LogP contribution is 2.27. The lowest BCUT2D eigenvalue weighted by Crippen LogP contribution is -2.30. The lowest BCUT2D eigenvalue weighted by Gasteiger charge is -2.22. The van der Waals surface area contributed by atoms with E-state index in [1.807, 2.05) is 0 Å². The number of furan rings is 1. The van der Waals surface area contributed by atoms with Crippen LogP contribution in [-0.4, -0.2) is 40.6 Å². The number of benzene rings is 1. The molecule has 0 unspecified atom stereocenters. The van der Waals surface area contributed by atoms with E-state index in [9.17, 15) is 14.0 Å². The number of imidazole rings is 1. The molecule has 192 valence electrons. The highest BCUT2D eigenvalue weighted by atomic mass is 19.1. The van der Waals surface area contributed by atoms with Crippen LogP contribution in [0.1, 0.15) is 16.1 Å². The fourth-order valence-corrected chi connectivity index (χ4v) is 3.91. The van der Waals surface area contributed by atoms with Crippen molar-refractivity contribution >= 4 is 29.2 Å². The average Bonchev–Trinajstić information content (AvgIpc) is 3.61. The lowest BCUT2D eigenvalue weighted by atomic mass is 10.2. The third-order valence-electron chi connectivity index (χ3n) is 5.81. The first-order chi connectivity index (χ1) is 18.5. The summed E-state index contributed by atoms with van der Waals surface area (Å²) < 4.78 is 31.4. The number of carbonyl (C=O) groups is 2. The van der Waals surface area contributed by atoms with Crippen LogP contribution in [0.2, 0.25) is 0 Å². The Morgan fingerprint density at radius 3 is 2.63 bits per heavy atom. The standard InChI is InChI=1S/C27H22FN5O5/c1-36-23-8-7-19(12-21(23)28)32(16-20-4-3-11-38-20)26(34)18-6-10-25-30-14-22(33(25)15-18)17-5-9-24(29-13-17)31-27(35)37-2/h3-15H,16H2,1-2H3,(H,29,31,35). The number of nitrogens with one attached hydrogen (secondary N) is 1. The smallest absolute Gasteiger partial charge is 0.412 e. The Morgan fingerprint density at radius 2 is 1.95 bits per heavy atom. The van der Waals surface area contributed by atoms with Crippen LogP contribution in [-0.2, 0) is 11.3 Å². The number of aromatic nitrogens is 3. The molecule has 0 atom stereocenters. The molecule has 11 heteroatoms. The topological polar surface area (TPSA) is 111 Å². The predicted octanol–water partition coefficient (Wildman–Crippen LogP) is 5.16. The fraction of sp³-hybridized carbons (Fsp3) is 0.111. The molecule has 0 aliphatic carbocycles. The Labute approximate surface area is 216 Å². The Morgan fingerprint density at radius 1 is 1.08 bits per heavy atom. The summed E-state index contributed by atoms with van der Waals surface area (Å²) in [7, 11) is 2.64. The third-order valence-corrected chi connectivity index (χ3v) is 5.81. The van der Waals surface area contributed by atoms with Gasteiger partial charge in [0.15, 0.2) is 11.6 Å². The monoisotopic (exact) mass is 515 g/mol. The Balaban J connectivity index is 1.50.